The van der Waals surface area contributed by atoms with Crippen molar-refractivity contribution >= 4 is 26.6 Å². The summed E-state index contributed by atoms with van der Waals surface area (Å²) in [7, 11) is -3.63. The molecule has 9 heteroatoms. The Balaban J connectivity index is 1.43. The van der Waals surface area contributed by atoms with Crippen LogP contribution >= 0.6 is 0 Å². The lowest BCUT2D eigenvalue weighted by molar-refractivity contribution is 0.584. The summed E-state index contributed by atoms with van der Waals surface area (Å²) in [4.78, 5) is 8.96. The summed E-state index contributed by atoms with van der Waals surface area (Å²) in [5.41, 5.74) is 0. The van der Waals surface area contributed by atoms with Crippen LogP contribution in [-0.2, 0) is 10.0 Å². The first-order valence-electron chi connectivity index (χ1n) is 9.10. The maximum absolute atomic E-state index is 12.7. The number of sulfonamides is 1. The molecule has 0 saturated heterocycles. The van der Waals surface area contributed by atoms with Crippen molar-refractivity contribution in [2.24, 2.45) is 0 Å². The van der Waals surface area contributed by atoms with Gasteiger partial charge in [-0.2, -0.15) is 5.10 Å². The Morgan fingerprint density at radius 3 is 2.66 bits per heavy atom. The molecule has 4 aromatic rings. The molecular weight excluding hydrogens is 388 g/mol. The Morgan fingerprint density at radius 1 is 1.00 bits per heavy atom. The standard InChI is InChI=1S/C20H20N6O2S/c1-15-24-19(14-20(25-15)26-13-5-10-22-26)21-11-12-23-29(27,28)18-9-4-7-16-6-2-3-8-17(16)18/h2-10,13-14,23H,11-12H2,1H3,(H,21,24,25). The zero-order valence-electron chi connectivity index (χ0n) is 15.8. The third kappa shape index (κ3) is 4.25. The van der Waals surface area contributed by atoms with Gasteiger partial charge in [-0.15, -0.1) is 0 Å². The van der Waals surface area contributed by atoms with Gasteiger partial charge in [0.15, 0.2) is 5.82 Å². The number of benzene rings is 2. The molecule has 8 nitrogen and oxygen atoms in total. The van der Waals surface area contributed by atoms with E-state index in [1.54, 1.807) is 42.2 Å². The van der Waals surface area contributed by atoms with Crippen LogP contribution in [0.25, 0.3) is 16.6 Å². The number of hydrogen-bond acceptors (Lipinski definition) is 6. The Labute approximate surface area is 168 Å². The average molecular weight is 408 g/mol. The highest BCUT2D eigenvalue weighted by Gasteiger charge is 2.16. The van der Waals surface area contributed by atoms with Crippen LogP contribution in [-0.4, -0.2) is 41.3 Å². The highest BCUT2D eigenvalue weighted by Crippen LogP contribution is 2.22. The van der Waals surface area contributed by atoms with Gasteiger partial charge in [0.05, 0.1) is 4.90 Å². The first kappa shape index (κ1) is 19.0. The van der Waals surface area contributed by atoms with Gasteiger partial charge in [-0.3, -0.25) is 0 Å². The maximum atomic E-state index is 12.7. The van der Waals surface area contributed by atoms with Crippen molar-refractivity contribution in [3.63, 3.8) is 0 Å². The Hall–Kier alpha value is -3.30. The van der Waals surface area contributed by atoms with E-state index < -0.39 is 10.0 Å². The summed E-state index contributed by atoms with van der Waals surface area (Å²) >= 11 is 0. The molecule has 2 aromatic heterocycles. The third-order valence-electron chi connectivity index (χ3n) is 4.33. The smallest absolute Gasteiger partial charge is 0.241 e. The molecule has 0 aliphatic carbocycles. The minimum absolute atomic E-state index is 0.214. The molecule has 0 bridgehead atoms. The maximum Gasteiger partial charge on any atom is 0.241 e. The van der Waals surface area contributed by atoms with Gasteiger partial charge in [0.2, 0.25) is 10.0 Å². The monoisotopic (exact) mass is 408 g/mol. The molecule has 29 heavy (non-hydrogen) atoms. The van der Waals surface area contributed by atoms with E-state index in [4.69, 9.17) is 0 Å². The third-order valence-corrected chi connectivity index (χ3v) is 5.85. The topological polar surface area (TPSA) is 102 Å². The molecule has 0 saturated carbocycles. The fraction of sp³-hybridized carbons (Fsp3) is 0.150. The largest absolute Gasteiger partial charge is 0.369 e. The number of nitrogens with one attached hydrogen (secondary N) is 2. The Kier molecular flexibility index (Phi) is 5.24. The molecule has 0 radical (unpaired) electrons. The summed E-state index contributed by atoms with van der Waals surface area (Å²) in [6.45, 7) is 2.38. The number of aromatic nitrogens is 4. The van der Waals surface area contributed by atoms with Crippen LogP contribution in [0.1, 0.15) is 5.82 Å². The molecule has 4 rings (SSSR count). The van der Waals surface area contributed by atoms with Crippen molar-refractivity contribution in [2.75, 3.05) is 18.4 Å². The van der Waals surface area contributed by atoms with Crippen molar-refractivity contribution < 1.29 is 8.42 Å². The second-order valence-electron chi connectivity index (χ2n) is 6.41. The first-order valence-corrected chi connectivity index (χ1v) is 10.6. The molecule has 2 heterocycles. The van der Waals surface area contributed by atoms with Crippen molar-refractivity contribution in [1.82, 2.24) is 24.5 Å². The number of fused-ring (bicyclic) bond motifs is 1. The highest BCUT2D eigenvalue weighted by atomic mass is 32.2. The van der Waals surface area contributed by atoms with Gasteiger partial charge < -0.3 is 5.32 Å². The van der Waals surface area contributed by atoms with Crippen LogP contribution in [0.15, 0.2) is 71.9 Å². The number of hydrogen-bond donors (Lipinski definition) is 2. The Morgan fingerprint density at radius 2 is 1.83 bits per heavy atom. The second kappa shape index (κ2) is 7.98. The predicted octanol–water partition coefficient (Wildman–Crippen LogP) is 2.51. The van der Waals surface area contributed by atoms with E-state index in [1.807, 2.05) is 36.4 Å². The summed E-state index contributed by atoms with van der Waals surface area (Å²) in [6, 6.07) is 16.2. The molecule has 0 fully saturated rings. The quantitative estimate of drug-likeness (QED) is 0.456. The lowest BCUT2D eigenvalue weighted by atomic mass is 10.1. The minimum Gasteiger partial charge on any atom is -0.369 e. The summed E-state index contributed by atoms with van der Waals surface area (Å²) in [5, 5.41) is 8.88. The molecule has 0 aliphatic rings. The zero-order chi connectivity index (χ0) is 20.3. The number of rotatable bonds is 7. The van der Waals surface area contributed by atoms with Crippen molar-refractivity contribution in [2.45, 2.75) is 11.8 Å². The molecule has 0 unspecified atom stereocenters. The van der Waals surface area contributed by atoms with Gasteiger partial charge in [-0.25, -0.2) is 27.8 Å². The van der Waals surface area contributed by atoms with Gasteiger partial charge in [0, 0.05) is 36.9 Å². The van der Waals surface area contributed by atoms with Gasteiger partial charge in [-0.1, -0.05) is 36.4 Å². The lowest BCUT2D eigenvalue weighted by Gasteiger charge is -2.11. The van der Waals surface area contributed by atoms with Crippen molar-refractivity contribution in [3.05, 3.63) is 72.8 Å². The lowest BCUT2D eigenvalue weighted by Crippen LogP contribution is -2.29. The van der Waals surface area contributed by atoms with E-state index in [2.05, 4.69) is 25.1 Å². The average Bonchev–Trinajstić information content (AvgIpc) is 3.25. The molecular formula is C20H20N6O2S. The molecule has 0 amide bonds. The van der Waals surface area contributed by atoms with Crippen LogP contribution in [0.4, 0.5) is 5.82 Å². The van der Waals surface area contributed by atoms with Gasteiger partial charge in [-0.05, 0) is 24.4 Å². The van der Waals surface area contributed by atoms with Crippen LogP contribution in [0.5, 0.6) is 0 Å². The van der Waals surface area contributed by atoms with E-state index in [0.29, 0.717) is 29.4 Å². The van der Waals surface area contributed by atoms with Gasteiger partial charge in [0.1, 0.15) is 11.6 Å². The summed E-state index contributed by atoms with van der Waals surface area (Å²) in [6.07, 6.45) is 3.47. The first-order chi connectivity index (χ1) is 14.0. The minimum atomic E-state index is -3.63. The van der Waals surface area contributed by atoms with Gasteiger partial charge >= 0.3 is 0 Å². The van der Waals surface area contributed by atoms with Crippen molar-refractivity contribution in [3.8, 4) is 5.82 Å². The van der Waals surface area contributed by atoms with Gasteiger partial charge in [0.25, 0.3) is 0 Å². The fourth-order valence-corrected chi connectivity index (χ4v) is 4.31. The normalized spacial score (nSPS) is 11.6. The van der Waals surface area contributed by atoms with E-state index in [9.17, 15) is 8.42 Å². The van der Waals surface area contributed by atoms with E-state index in [-0.39, 0.29) is 11.4 Å². The highest BCUT2D eigenvalue weighted by molar-refractivity contribution is 7.89. The summed E-state index contributed by atoms with van der Waals surface area (Å²) < 4.78 is 29.8. The number of aryl methyl sites for hydroxylation is 1. The van der Waals surface area contributed by atoms with E-state index in [0.717, 1.165) is 5.39 Å². The second-order valence-corrected chi connectivity index (χ2v) is 8.15. The molecule has 0 aliphatic heterocycles. The SMILES string of the molecule is Cc1nc(NCCNS(=O)(=O)c2cccc3ccccc23)cc(-n2cccn2)n1. The predicted molar refractivity (Wildman–Crippen MR) is 112 cm³/mol. The van der Waals surface area contributed by atoms with Crippen LogP contribution in [0.3, 0.4) is 0 Å². The molecule has 0 spiro atoms. The molecule has 2 N–H and O–H groups in total. The Bertz CT molecular complexity index is 1230. The molecule has 0 atom stereocenters. The number of nitrogens with zero attached hydrogens (tertiary/aromatic N) is 4. The fourth-order valence-electron chi connectivity index (χ4n) is 3.05. The van der Waals surface area contributed by atoms with Crippen LogP contribution in [0, 0.1) is 6.92 Å². The van der Waals surface area contributed by atoms with E-state index >= 15 is 0 Å². The molecule has 2 aromatic carbocycles. The molecule has 148 valence electrons. The zero-order valence-corrected chi connectivity index (χ0v) is 16.6. The van der Waals surface area contributed by atoms with E-state index in [1.165, 1.54) is 0 Å². The number of anilines is 1. The van der Waals surface area contributed by atoms with Crippen molar-refractivity contribution in [1.29, 1.82) is 0 Å². The summed E-state index contributed by atoms with van der Waals surface area (Å²) in [5.74, 6) is 1.84. The van der Waals surface area contributed by atoms with Crippen LogP contribution in [0.2, 0.25) is 0 Å². The van der Waals surface area contributed by atoms with Crippen LogP contribution < -0.4 is 10.0 Å².